The molecule has 1 heterocycles. The summed E-state index contributed by atoms with van der Waals surface area (Å²) in [4.78, 5) is 29.1. The first-order valence-electron chi connectivity index (χ1n) is 10.4. The maximum Gasteiger partial charge on any atom is 0.246 e. The lowest BCUT2D eigenvalue weighted by Gasteiger charge is -2.27. The quantitative estimate of drug-likeness (QED) is 0.212. The second kappa shape index (κ2) is 13.2. The molecule has 1 aliphatic rings. The molecule has 8 heteroatoms. The van der Waals surface area contributed by atoms with Gasteiger partial charge in [0.1, 0.15) is 6.79 Å². The van der Waals surface area contributed by atoms with E-state index in [4.69, 9.17) is 9.47 Å². The van der Waals surface area contributed by atoms with E-state index < -0.39 is 11.8 Å². The number of hydrogen-bond acceptors (Lipinski definition) is 6. The fraction of sp³-hybridized carbons (Fsp3) is 0.667. The number of hydroxylamine groups is 1. The highest BCUT2D eigenvalue weighted by Crippen LogP contribution is 2.24. The summed E-state index contributed by atoms with van der Waals surface area (Å²) in [7, 11) is 0. The number of carbonyl (C=O) groups is 2. The van der Waals surface area contributed by atoms with Crippen molar-refractivity contribution in [3.63, 3.8) is 0 Å². The van der Waals surface area contributed by atoms with E-state index in [-0.39, 0.29) is 31.3 Å². The Labute approximate surface area is 172 Å². The van der Waals surface area contributed by atoms with Gasteiger partial charge in [0.25, 0.3) is 0 Å². The van der Waals surface area contributed by atoms with Gasteiger partial charge < -0.3 is 14.8 Å². The summed E-state index contributed by atoms with van der Waals surface area (Å²) in [5.41, 5.74) is 2.63. The molecule has 29 heavy (non-hydrogen) atoms. The molecular formula is C21H33N3O5. The summed E-state index contributed by atoms with van der Waals surface area (Å²) in [5, 5.41) is 12.2. The summed E-state index contributed by atoms with van der Waals surface area (Å²) in [6, 6.07) is 3.33. The number of hydrogen-bond donors (Lipinski definition) is 3. The zero-order valence-corrected chi connectivity index (χ0v) is 17.1. The van der Waals surface area contributed by atoms with Crippen LogP contribution in [0.25, 0.3) is 0 Å². The number of nitrogens with one attached hydrogen (secondary N) is 2. The first-order valence-corrected chi connectivity index (χ1v) is 10.4. The van der Waals surface area contributed by atoms with Crippen LogP contribution < -0.4 is 10.8 Å². The van der Waals surface area contributed by atoms with E-state index in [1.165, 1.54) is 6.42 Å². The minimum atomic E-state index is -0.531. The first kappa shape index (κ1) is 23.3. The Bertz CT molecular complexity index is 608. The predicted octanol–water partition coefficient (Wildman–Crippen LogP) is 2.21. The molecule has 0 bridgehead atoms. The third kappa shape index (κ3) is 8.47. The number of aromatic nitrogens is 1. The van der Waals surface area contributed by atoms with E-state index in [0.717, 1.165) is 31.2 Å². The molecule has 0 spiro atoms. The monoisotopic (exact) mass is 407 g/mol. The van der Waals surface area contributed by atoms with E-state index in [0.29, 0.717) is 19.4 Å². The van der Waals surface area contributed by atoms with Gasteiger partial charge in [-0.1, -0.05) is 25.3 Å². The van der Waals surface area contributed by atoms with Gasteiger partial charge in [-0.25, -0.2) is 5.48 Å². The van der Waals surface area contributed by atoms with Gasteiger partial charge in [-0.15, -0.1) is 0 Å². The fourth-order valence-electron chi connectivity index (χ4n) is 3.71. The lowest BCUT2D eigenvalue weighted by atomic mass is 9.88. The molecule has 0 aliphatic heterocycles. The standard InChI is InChI=1S/C21H33N3O5/c1-2-28-15-29-14-19(23-20(25)17-8-4-3-5-9-17)12-18(21(26)24-27)11-16-7-6-10-22-13-16/h6-7,10,13,17-19,27H,2-5,8-9,11-12,14-15H2,1H3,(H,23,25)(H,24,26)/t18-,19-/m0/s1. The van der Waals surface area contributed by atoms with Crippen molar-refractivity contribution in [2.24, 2.45) is 11.8 Å². The van der Waals surface area contributed by atoms with Gasteiger partial charge in [0, 0.05) is 30.8 Å². The number of carbonyl (C=O) groups excluding carboxylic acids is 2. The molecule has 1 aromatic rings. The van der Waals surface area contributed by atoms with E-state index in [9.17, 15) is 14.8 Å². The molecule has 1 aliphatic carbocycles. The predicted molar refractivity (Wildman–Crippen MR) is 107 cm³/mol. The van der Waals surface area contributed by atoms with Crippen LogP contribution in [0.1, 0.15) is 51.0 Å². The van der Waals surface area contributed by atoms with Crippen molar-refractivity contribution >= 4 is 11.8 Å². The van der Waals surface area contributed by atoms with Crippen molar-refractivity contribution in [1.29, 1.82) is 0 Å². The second-order valence-corrected chi connectivity index (χ2v) is 7.50. The van der Waals surface area contributed by atoms with E-state index in [1.807, 2.05) is 13.0 Å². The van der Waals surface area contributed by atoms with Gasteiger partial charge in [0.15, 0.2) is 0 Å². The summed E-state index contributed by atoms with van der Waals surface area (Å²) in [6.45, 7) is 2.78. The Kier molecular flexibility index (Phi) is 10.6. The SMILES string of the molecule is CCOCOC[C@H](C[C@H](Cc1cccnc1)C(=O)NO)NC(=O)C1CCCCC1. The molecule has 2 rings (SSSR count). The average Bonchev–Trinajstić information content (AvgIpc) is 2.76. The van der Waals surface area contributed by atoms with Gasteiger partial charge >= 0.3 is 0 Å². The van der Waals surface area contributed by atoms with Gasteiger partial charge in [-0.05, 0) is 44.2 Å². The third-order valence-electron chi connectivity index (χ3n) is 5.27. The Morgan fingerprint density at radius 1 is 1.28 bits per heavy atom. The fourth-order valence-corrected chi connectivity index (χ4v) is 3.71. The molecule has 8 nitrogen and oxygen atoms in total. The largest absolute Gasteiger partial charge is 0.356 e. The van der Waals surface area contributed by atoms with Crippen molar-refractivity contribution in [2.45, 2.75) is 57.9 Å². The summed E-state index contributed by atoms with van der Waals surface area (Å²) >= 11 is 0. The Hall–Kier alpha value is -2.03. The van der Waals surface area contributed by atoms with Crippen LogP contribution >= 0.6 is 0 Å². The van der Waals surface area contributed by atoms with Crippen LogP contribution in [0.15, 0.2) is 24.5 Å². The van der Waals surface area contributed by atoms with Crippen LogP contribution in [-0.2, 0) is 25.5 Å². The minimum absolute atomic E-state index is 0.0132. The van der Waals surface area contributed by atoms with Crippen LogP contribution in [0.3, 0.4) is 0 Å². The number of rotatable bonds is 12. The Morgan fingerprint density at radius 2 is 2.07 bits per heavy atom. The molecule has 1 aromatic heterocycles. The van der Waals surface area contributed by atoms with E-state index >= 15 is 0 Å². The van der Waals surface area contributed by atoms with Crippen molar-refractivity contribution in [2.75, 3.05) is 20.0 Å². The van der Waals surface area contributed by atoms with Gasteiger partial charge in [0.05, 0.1) is 12.6 Å². The number of nitrogens with zero attached hydrogens (tertiary/aromatic N) is 1. The molecule has 0 aromatic carbocycles. The van der Waals surface area contributed by atoms with Crippen molar-refractivity contribution < 1.29 is 24.3 Å². The average molecular weight is 408 g/mol. The van der Waals surface area contributed by atoms with Crippen LogP contribution in [0, 0.1) is 11.8 Å². The maximum atomic E-state index is 12.7. The number of amides is 2. The summed E-state index contributed by atoms with van der Waals surface area (Å²) in [6.07, 6.45) is 9.21. The lowest BCUT2D eigenvalue weighted by molar-refractivity contribution is -0.135. The summed E-state index contributed by atoms with van der Waals surface area (Å²) < 4.78 is 10.8. The van der Waals surface area contributed by atoms with Gasteiger partial charge in [-0.2, -0.15) is 0 Å². The zero-order chi connectivity index (χ0) is 20.9. The van der Waals surface area contributed by atoms with Gasteiger partial charge in [-0.3, -0.25) is 19.8 Å². The van der Waals surface area contributed by atoms with Crippen LogP contribution in [0.4, 0.5) is 0 Å². The Morgan fingerprint density at radius 3 is 2.72 bits per heavy atom. The third-order valence-corrected chi connectivity index (χ3v) is 5.27. The maximum absolute atomic E-state index is 12.7. The first-order chi connectivity index (χ1) is 14.1. The molecule has 0 saturated heterocycles. The number of ether oxygens (including phenoxy) is 2. The molecule has 162 valence electrons. The normalized spacial score (nSPS) is 16.8. The molecule has 0 unspecified atom stereocenters. The zero-order valence-electron chi connectivity index (χ0n) is 17.1. The number of pyridine rings is 1. The van der Waals surface area contributed by atoms with E-state index in [1.54, 1.807) is 23.9 Å². The molecule has 2 atom stereocenters. The molecule has 0 radical (unpaired) electrons. The smallest absolute Gasteiger partial charge is 0.246 e. The molecule has 2 amide bonds. The van der Waals surface area contributed by atoms with Crippen molar-refractivity contribution in [3.05, 3.63) is 30.1 Å². The molecule has 1 saturated carbocycles. The van der Waals surface area contributed by atoms with E-state index in [2.05, 4.69) is 10.3 Å². The highest BCUT2D eigenvalue weighted by molar-refractivity contribution is 5.80. The van der Waals surface area contributed by atoms with Crippen molar-refractivity contribution in [3.8, 4) is 0 Å². The summed E-state index contributed by atoms with van der Waals surface area (Å²) in [5.74, 6) is -0.993. The Balaban J connectivity index is 2.02. The van der Waals surface area contributed by atoms with Crippen LogP contribution in [0.2, 0.25) is 0 Å². The minimum Gasteiger partial charge on any atom is -0.356 e. The van der Waals surface area contributed by atoms with Crippen LogP contribution in [0.5, 0.6) is 0 Å². The highest BCUT2D eigenvalue weighted by Gasteiger charge is 2.28. The van der Waals surface area contributed by atoms with Crippen molar-refractivity contribution in [1.82, 2.24) is 15.8 Å². The molecular weight excluding hydrogens is 374 g/mol. The molecule has 1 fully saturated rings. The topological polar surface area (TPSA) is 110 Å². The highest BCUT2D eigenvalue weighted by atomic mass is 16.7. The lowest BCUT2D eigenvalue weighted by Crippen LogP contribution is -2.45. The van der Waals surface area contributed by atoms with Gasteiger partial charge in [0.2, 0.25) is 11.8 Å². The van der Waals surface area contributed by atoms with Crippen LogP contribution in [-0.4, -0.2) is 48.1 Å². The second-order valence-electron chi connectivity index (χ2n) is 7.50. The molecule has 3 N–H and O–H groups in total.